The number of benzene rings is 1. The van der Waals surface area contributed by atoms with Crippen molar-refractivity contribution >= 4 is 38.4 Å². The number of nitrogens with zero attached hydrogens (tertiary/aromatic N) is 2. The second-order valence-electron chi connectivity index (χ2n) is 4.26. The number of thioether (sulfide) groups is 1. The first-order chi connectivity index (χ1) is 8.31. The maximum absolute atomic E-state index is 9.03. The summed E-state index contributed by atoms with van der Waals surface area (Å²) < 4.78 is 1.25. The maximum atomic E-state index is 9.03. The molecule has 2 aromatic rings. The normalized spacial score (nSPS) is 16.5. The van der Waals surface area contributed by atoms with Crippen molar-refractivity contribution in [2.75, 3.05) is 30.9 Å². The topological polar surface area (TPSA) is 36.4 Å². The molecule has 0 amide bonds. The summed E-state index contributed by atoms with van der Waals surface area (Å²) >= 11 is 3.48. The van der Waals surface area contributed by atoms with Gasteiger partial charge in [-0.25, -0.2) is 4.98 Å². The number of hydrogen-bond acceptors (Lipinski definition) is 5. The van der Waals surface area contributed by atoms with Gasteiger partial charge in [-0.05, 0) is 18.4 Å². The molecule has 1 saturated heterocycles. The fourth-order valence-corrected chi connectivity index (χ4v) is 3.69. The number of anilines is 1. The molecule has 1 aromatic carbocycles. The number of hydrogen-bond donors (Lipinski definition) is 1. The summed E-state index contributed by atoms with van der Waals surface area (Å²) in [6.07, 6.45) is 2.08. The fraction of sp³-hybridized carbons (Fsp3) is 0.417. The third-order valence-electron chi connectivity index (χ3n) is 3.08. The van der Waals surface area contributed by atoms with Crippen molar-refractivity contribution in [2.24, 2.45) is 5.92 Å². The van der Waals surface area contributed by atoms with Gasteiger partial charge >= 0.3 is 0 Å². The van der Waals surface area contributed by atoms with Crippen LogP contribution in [0.2, 0.25) is 0 Å². The first-order valence-electron chi connectivity index (χ1n) is 5.61. The molecule has 5 heteroatoms. The minimum atomic E-state index is 0.289. The van der Waals surface area contributed by atoms with Gasteiger partial charge in [-0.2, -0.15) is 0 Å². The van der Waals surface area contributed by atoms with Crippen molar-refractivity contribution in [2.45, 2.75) is 4.90 Å². The highest BCUT2D eigenvalue weighted by Crippen LogP contribution is 2.36. The van der Waals surface area contributed by atoms with Crippen LogP contribution >= 0.6 is 23.1 Å². The van der Waals surface area contributed by atoms with Crippen LogP contribution in [0.4, 0.5) is 5.13 Å². The Hall–Kier alpha value is -0.780. The molecule has 1 N–H and O–H groups in total. The molecule has 0 spiro atoms. The van der Waals surface area contributed by atoms with Crippen molar-refractivity contribution in [1.82, 2.24) is 4.98 Å². The smallest absolute Gasteiger partial charge is 0.186 e. The van der Waals surface area contributed by atoms with Crippen molar-refractivity contribution in [3.8, 4) is 0 Å². The van der Waals surface area contributed by atoms with Gasteiger partial charge in [0.1, 0.15) is 0 Å². The molecule has 3 rings (SSSR count). The van der Waals surface area contributed by atoms with Gasteiger partial charge in [0.2, 0.25) is 0 Å². The molecular formula is C12H14N2OS2. The summed E-state index contributed by atoms with van der Waals surface area (Å²) in [5.74, 6) is 0.432. The van der Waals surface area contributed by atoms with E-state index in [0.717, 1.165) is 23.7 Å². The summed E-state index contributed by atoms with van der Waals surface area (Å²) in [4.78, 5) is 8.20. The average Bonchev–Trinajstić information content (AvgIpc) is 2.70. The lowest BCUT2D eigenvalue weighted by Gasteiger charge is -2.37. The van der Waals surface area contributed by atoms with E-state index in [1.807, 2.05) is 0 Å². The van der Waals surface area contributed by atoms with Crippen molar-refractivity contribution in [3.63, 3.8) is 0 Å². The number of rotatable bonds is 3. The number of fused-ring (bicyclic) bond motifs is 1. The van der Waals surface area contributed by atoms with E-state index in [0.29, 0.717) is 5.92 Å². The Balaban J connectivity index is 1.92. The Kier molecular flexibility index (Phi) is 2.98. The van der Waals surface area contributed by atoms with E-state index in [9.17, 15) is 0 Å². The van der Waals surface area contributed by atoms with Gasteiger partial charge in [-0.3, -0.25) is 0 Å². The lowest BCUT2D eigenvalue weighted by molar-refractivity contribution is 0.201. The molecule has 90 valence electrons. The van der Waals surface area contributed by atoms with Crippen molar-refractivity contribution in [1.29, 1.82) is 0 Å². The molecule has 3 nitrogen and oxygen atoms in total. The molecule has 0 saturated carbocycles. The van der Waals surface area contributed by atoms with E-state index < -0.39 is 0 Å². The summed E-state index contributed by atoms with van der Waals surface area (Å²) in [5.41, 5.74) is 1.12. The Morgan fingerprint density at radius 3 is 3.06 bits per heavy atom. The van der Waals surface area contributed by atoms with E-state index in [2.05, 4.69) is 29.4 Å². The summed E-state index contributed by atoms with van der Waals surface area (Å²) in [6, 6.07) is 6.32. The van der Waals surface area contributed by atoms with Crippen molar-refractivity contribution in [3.05, 3.63) is 18.2 Å². The monoisotopic (exact) mass is 266 g/mol. The molecule has 0 radical (unpaired) electrons. The zero-order valence-corrected chi connectivity index (χ0v) is 11.2. The molecule has 1 fully saturated rings. The quantitative estimate of drug-likeness (QED) is 0.866. The second kappa shape index (κ2) is 4.48. The third kappa shape index (κ3) is 1.92. The first-order valence-corrected chi connectivity index (χ1v) is 7.65. The molecule has 0 atom stereocenters. The lowest BCUT2D eigenvalue weighted by atomic mass is 10.0. The maximum Gasteiger partial charge on any atom is 0.186 e. The van der Waals surface area contributed by atoms with Gasteiger partial charge < -0.3 is 10.0 Å². The number of para-hydroxylation sites is 1. The summed E-state index contributed by atoms with van der Waals surface area (Å²) in [6.45, 7) is 2.16. The molecule has 0 unspecified atom stereocenters. The van der Waals surface area contributed by atoms with Crippen LogP contribution in [-0.4, -0.2) is 36.0 Å². The number of aromatic nitrogens is 1. The summed E-state index contributed by atoms with van der Waals surface area (Å²) in [5, 5.41) is 10.1. The molecule has 1 aromatic heterocycles. The highest BCUT2D eigenvalue weighted by molar-refractivity contribution is 7.98. The lowest BCUT2D eigenvalue weighted by Crippen LogP contribution is -2.48. The van der Waals surface area contributed by atoms with Crippen molar-refractivity contribution < 1.29 is 5.11 Å². The predicted octanol–water partition coefficient (Wildman–Crippen LogP) is 2.45. The Morgan fingerprint density at radius 1 is 1.53 bits per heavy atom. The standard InChI is InChI=1S/C12H14N2OS2/c1-16-9-3-2-4-10-11(9)13-12(17-10)14-5-8(6-14)7-15/h2-4,8,15H,5-7H2,1H3. The van der Waals surface area contributed by atoms with Gasteiger partial charge in [0, 0.05) is 30.5 Å². The highest BCUT2D eigenvalue weighted by atomic mass is 32.2. The van der Waals surface area contributed by atoms with Gasteiger partial charge in [0.05, 0.1) is 10.2 Å². The summed E-state index contributed by atoms with van der Waals surface area (Å²) in [7, 11) is 0. The molecule has 17 heavy (non-hydrogen) atoms. The largest absolute Gasteiger partial charge is 0.396 e. The van der Waals surface area contributed by atoms with E-state index >= 15 is 0 Å². The van der Waals surface area contributed by atoms with Crippen LogP contribution in [0.1, 0.15) is 0 Å². The van der Waals surface area contributed by atoms with Gasteiger partial charge in [0.25, 0.3) is 0 Å². The molecule has 1 aliphatic heterocycles. The Labute approximate surface area is 108 Å². The van der Waals surface area contributed by atoms with Crippen LogP contribution in [0, 0.1) is 5.92 Å². The number of thiazole rings is 1. The average molecular weight is 266 g/mol. The zero-order valence-electron chi connectivity index (χ0n) is 9.59. The molecule has 0 bridgehead atoms. The van der Waals surface area contributed by atoms with Crippen LogP contribution in [0.25, 0.3) is 10.2 Å². The highest BCUT2D eigenvalue weighted by Gasteiger charge is 2.28. The molecule has 2 heterocycles. The third-order valence-corrected chi connectivity index (χ3v) is 4.93. The van der Waals surface area contributed by atoms with Crippen LogP contribution in [0.3, 0.4) is 0 Å². The van der Waals surface area contributed by atoms with Gasteiger partial charge in [-0.15, -0.1) is 11.8 Å². The second-order valence-corrected chi connectivity index (χ2v) is 6.11. The van der Waals surface area contributed by atoms with E-state index in [1.54, 1.807) is 23.1 Å². The minimum absolute atomic E-state index is 0.289. The van der Waals surface area contributed by atoms with Crippen LogP contribution in [0.5, 0.6) is 0 Å². The van der Waals surface area contributed by atoms with E-state index in [1.165, 1.54) is 9.60 Å². The molecule has 1 aliphatic rings. The first kappa shape index (κ1) is 11.3. The number of aliphatic hydroxyl groups is 1. The van der Waals surface area contributed by atoms with Gasteiger partial charge in [-0.1, -0.05) is 17.4 Å². The van der Waals surface area contributed by atoms with Crippen LogP contribution < -0.4 is 4.90 Å². The van der Waals surface area contributed by atoms with E-state index in [4.69, 9.17) is 10.1 Å². The van der Waals surface area contributed by atoms with E-state index in [-0.39, 0.29) is 6.61 Å². The fourth-order valence-electron chi connectivity index (χ4n) is 2.05. The minimum Gasteiger partial charge on any atom is -0.396 e. The number of aliphatic hydroxyl groups excluding tert-OH is 1. The zero-order chi connectivity index (χ0) is 11.8. The Morgan fingerprint density at radius 2 is 2.35 bits per heavy atom. The van der Waals surface area contributed by atoms with Gasteiger partial charge in [0.15, 0.2) is 5.13 Å². The Bertz CT molecular complexity index is 534. The van der Waals surface area contributed by atoms with Crippen LogP contribution in [-0.2, 0) is 0 Å². The predicted molar refractivity (Wildman–Crippen MR) is 74.2 cm³/mol. The molecular weight excluding hydrogens is 252 g/mol. The molecule has 0 aliphatic carbocycles. The SMILES string of the molecule is CSc1cccc2sc(N3CC(CO)C3)nc12. The van der Waals surface area contributed by atoms with Crippen LogP contribution in [0.15, 0.2) is 23.1 Å².